The van der Waals surface area contributed by atoms with Crippen molar-refractivity contribution in [2.75, 3.05) is 7.05 Å². The second-order valence-corrected chi connectivity index (χ2v) is 5.12. The van der Waals surface area contributed by atoms with Crippen LogP contribution in [-0.2, 0) is 20.9 Å². The third kappa shape index (κ3) is 5.12. The lowest BCUT2D eigenvalue weighted by atomic mass is 9.88. The van der Waals surface area contributed by atoms with Crippen LogP contribution >= 0.6 is 0 Å². The van der Waals surface area contributed by atoms with Crippen LogP contribution in [-0.4, -0.2) is 18.9 Å². The first-order chi connectivity index (χ1) is 8.95. The molecule has 0 bridgehead atoms. The van der Waals surface area contributed by atoms with Crippen LogP contribution in [0.25, 0.3) is 0 Å². The lowest BCUT2D eigenvalue weighted by Gasteiger charge is -2.22. The zero-order valence-electron chi connectivity index (χ0n) is 11.7. The van der Waals surface area contributed by atoms with E-state index in [4.69, 9.17) is 4.74 Å². The average Bonchev–Trinajstić information content (AvgIpc) is 2.43. The van der Waals surface area contributed by atoms with Gasteiger partial charge in [0.2, 0.25) is 5.91 Å². The summed E-state index contributed by atoms with van der Waals surface area (Å²) < 4.78 is 5.29. The smallest absolute Gasteiger partial charge is 0.311 e. The highest BCUT2D eigenvalue weighted by Gasteiger charge is 2.29. The van der Waals surface area contributed by atoms with Crippen LogP contribution < -0.4 is 5.32 Å². The van der Waals surface area contributed by atoms with Crippen molar-refractivity contribution in [3.8, 4) is 0 Å². The predicted molar refractivity (Wildman–Crippen MR) is 73.3 cm³/mol. The molecule has 0 atom stereocenters. The number of esters is 1. The van der Waals surface area contributed by atoms with Crippen molar-refractivity contribution in [2.24, 2.45) is 5.41 Å². The van der Waals surface area contributed by atoms with E-state index in [1.54, 1.807) is 20.9 Å². The van der Waals surface area contributed by atoms with Crippen molar-refractivity contribution in [3.63, 3.8) is 0 Å². The van der Waals surface area contributed by atoms with Gasteiger partial charge in [0.05, 0.1) is 5.41 Å². The van der Waals surface area contributed by atoms with E-state index in [-0.39, 0.29) is 18.5 Å². The lowest BCUT2D eigenvalue weighted by molar-refractivity contribution is -0.155. The third-order valence-electron chi connectivity index (χ3n) is 3.02. The minimum absolute atomic E-state index is 0.0658. The zero-order valence-corrected chi connectivity index (χ0v) is 11.7. The Bertz CT molecular complexity index is 426. The van der Waals surface area contributed by atoms with Crippen molar-refractivity contribution in [1.29, 1.82) is 0 Å². The maximum Gasteiger partial charge on any atom is 0.311 e. The highest BCUT2D eigenvalue weighted by atomic mass is 16.5. The molecule has 0 spiro atoms. The van der Waals surface area contributed by atoms with Crippen LogP contribution in [0, 0.1) is 5.41 Å². The molecule has 0 aliphatic rings. The molecule has 4 nitrogen and oxygen atoms in total. The minimum Gasteiger partial charge on any atom is -0.460 e. The second-order valence-electron chi connectivity index (χ2n) is 5.12. The van der Waals surface area contributed by atoms with E-state index >= 15 is 0 Å². The van der Waals surface area contributed by atoms with Crippen molar-refractivity contribution in [2.45, 2.75) is 33.3 Å². The molecule has 1 aromatic rings. The fourth-order valence-electron chi connectivity index (χ4n) is 1.57. The number of rotatable bonds is 6. The topological polar surface area (TPSA) is 55.4 Å². The molecule has 0 fully saturated rings. The zero-order chi connectivity index (χ0) is 14.3. The molecule has 0 radical (unpaired) electrons. The molecule has 1 N–H and O–H groups in total. The molecule has 0 aliphatic heterocycles. The van der Waals surface area contributed by atoms with E-state index in [9.17, 15) is 9.59 Å². The summed E-state index contributed by atoms with van der Waals surface area (Å²) in [7, 11) is 1.59. The largest absolute Gasteiger partial charge is 0.460 e. The molecule has 1 aromatic carbocycles. The molecule has 4 heteroatoms. The third-order valence-corrected chi connectivity index (χ3v) is 3.02. The van der Waals surface area contributed by atoms with Gasteiger partial charge in [-0.3, -0.25) is 9.59 Å². The van der Waals surface area contributed by atoms with Crippen molar-refractivity contribution < 1.29 is 14.3 Å². The maximum atomic E-state index is 12.0. The van der Waals surface area contributed by atoms with E-state index in [0.717, 1.165) is 5.56 Å². The van der Waals surface area contributed by atoms with E-state index in [0.29, 0.717) is 12.8 Å². The van der Waals surface area contributed by atoms with E-state index in [1.807, 2.05) is 30.3 Å². The van der Waals surface area contributed by atoms with Crippen LogP contribution in [0.2, 0.25) is 0 Å². The van der Waals surface area contributed by atoms with E-state index in [1.165, 1.54) is 0 Å². The molecule has 0 heterocycles. The number of hydrogen-bond acceptors (Lipinski definition) is 3. The van der Waals surface area contributed by atoms with Gasteiger partial charge in [0.25, 0.3) is 0 Å². The highest BCUT2D eigenvalue weighted by Crippen LogP contribution is 2.24. The van der Waals surface area contributed by atoms with Crippen LogP contribution in [0.15, 0.2) is 30.3 Å². The van der Waals surface area contributed by atoms with Crippen LogP contribution in [0.3, 0.4) is 0 Å². The van der Waals surface area contributed by atoms with Crippen LogP contribution in [0.4, 0.5) is 0 Å². The number of nitrogens with one attached hydrogen (secondary N) is 1. The molecular weight excluding hydrogens is 242 g/mol. The Hall–Kier alpha value is -1.84. The molecule has 0 saturated carbocycles. The molecule has 1 rings (SSSR count). The summed E-state index contributed by atoms with van der Waals surface area (Å²) in [4.78, 5) is 23.2. The van der Waals surface area contributed by atoms with Gasteiger partial charge in [-0.25, -0.2) is 0 Å². The Morgan fingerprint density at radius 2 is 1.84 bits per heavy atom. The van der Waals surface area contributed by atoms with Crippen molar-refractivity contribution in [1.82, 2.24) is 5.32 Å². The monoisotopic (exact) mass is 263 g/mol. The fraction of sp³-hybridized carbons (Fsp3) is 0.467. The second kappa shape index (κ2) is 6.92. The van der Waals surface area contributed by atoms with Crippen LogP contribution in [0.5, 0.6) is 0 Å². The Labute approximate surface area is 114 Å². The van der Waals surface area contributed by atoms with E-state index < -0.39 is 5.41 Å². The molecule has 19 heavy (non-hydrogen) atoms. The van der Waals surface area contributed by atoms with Gasteiger partial charge < -0.3 is 10.1 Å². The van der Waals surface area contributed by atoms with Crippen LogP contribution in [0.1, 0.15) is 32.3 Å². The van der Waals surface area contributed by atoms with Gasteiger partial charge in [-0.2, -0.15) is 0 Å². The van der Waals surface area contributed by atoms with Gasteiger partial charge in [-0.1, -0.05) is 30.3 Å². The van der Waals surface area contributed by atoms with Crippen molar-refractivity contribution >= 4 is 11.9 Å². The number of benzene rings is 1. The lowest BCUT2D eigenvalue weighted by Crippen LogP contribution is -2.29. The Morgan fingerprint density at radius 3 is 2.42 bits per heavy atom. The maximum absolute atomic E-state index is 12.0. The Balaban J connectivity index is 2.45. The summed E-state index contributed by atoms with van der Waals surface area (Å²) in [6.07, 6.45) is 0.796. The first kappa shape index (κ1) is 15.2. The quantitative estimate of drug-likeness (QED) is 0.801. The minimum atomic E-state index is -0.651. The molecule has 104 valence electrons. The molecule has 0 unspecified atom stereocenters. The number of carbonyl (C=O) groups excluding carboxylic acids is 2. The summed E-state index contributed by atoms with van der Waals surface area (Å²) in [6, 6.07) is 9.54. The van der Waals surface area contributed by atoms with Gasteiger partial charge in [-0.05, 0) is 25.8 Å². The standard InChI is InChI=1S/C15H21NO3/c1-15(2,10-9-13(17)16-3)14(18)19-11-12-7-5-4-6-8-12/h4-8H,9-11H2,1-3H3,(H,16,17). The summed E-state index contributed by atoms with van der Waals surface area (Å²) in [5.41, 5.74) is 0.305. The number of carbonyl (C=O) groups is 2. The summed E-state index contributed by atoms with van der Waals surface area (Å²) >= 11 is 0. The first-order valence-corrected chi connectivity index (χ1v) is 6.37. The Kier molecular flexibility index (Phi) is 5.55. The predicted octanol–water partition coefficient (Wildman–Crippen LogP) is 2.28. The highest BCUT2D eigenvalue weighted by molar-refractivity contribution is 5.79. The normalized spacial score (nSPS) is 10.9. The molecular formula is C15H21NO3. The average molecular weight is 263 g/mol. The molecule has 0 aliphatic carbocycles. The van der Waals surface area contributed by atoms with Gasteiger partial charge >= 0.3 is 5.97 Å². The Morgan fingerprint density at radius 1 is 1.21 bits per heavy atom. The van der Waals surface area contributed by atoms with Crippen molar-refractivity contribution in [3.05, 3.63) is 35.9 Å². The number of amides is 1. The van der Waals surface area contributed by atoms with Gasteiger partial charge in [0.15, 0.2) is 0 Å². The first-order valence-electron chi connectivity index (χ1n) is 6.37. The molecule has 0 aromatic heterocycles. The summed E-state index contributed by atoms with van der Waals surface area (Å²) in [5, 5.41) is 2.54. The fourth-order valence-corrected chi connectivity index (χ4v) is 1.57. The van der Waals surface area contributed by atoms with Gasteiger partial charge in [0.1, 0.15) is 6.61 Å². The van der Waals surface area contributed by atoms with E-state index in [2.05, 4.69) is 5.32 Å². The SMILES string of the molecule is CNC(=O)CCC(C)(C)C(=O)OCc1ccccc1. The summed E-state index contributed by atoms with van der Waals surface area (Å²) in [5.74, 6) is -0.343. The van der Waals surface area contributed by atoms with Gasteiger partial charge in [0, 0.05) is 13.5 Å². The molecule has 1 amide bonds. The van der Waals surface area contributed by atoms with Gasteiger partial charge in [-0.15, -0.1) is 0 Å². The number of ether oxygens (including phenoxy) is 1. The summed E-state index contributed by atoms with van der Waals surface area (Å²) in [6.45, 7) is 3.86. The number of hydrogen-bond donors (Lipinski definition) is 1. The molecule has 0 saturated heterocycles.